The van der Waals surface area contributed by atoms with Gasteiger partial charge in [-0.25, -0.2) is 4.98 Å². The van der Waals surface area contributed by atoms with E-state index in [1.165, 1.54) is 0 Å². The van der Waals surface area contributed by atoms with E-state index in [9.17, 15) is 9.59 Å². The molecule has 3 N–H and O–H groups in total. The minimum atomic E-state index is -0.470. The van der Waals surface area contributed by atoms with Crippen LogP contribution in [0.5, 0.6) is 0 Å². The highest BCUT2D eigenvalue weighted by Crippen LogP contribution is 2.20. The number of piperidine rings is 1. The Bertz CT molecular complexity index is 935. The zero-order chi connectivity index (χ0) is 17.2. The van der Waals surface area contributed by atoms with E-state index in [0.717, 1.165) is 23.1 Å². The molecule has 2 amide bonds. The summed E-state index contributed by atoms with van der Waals surface area (Å²) in [6.45, 7) is 0.668. The Balaban J connectivity index is 1.58. The van der Waals surface area contributed by atoms with Gasteiger partial charge in [0.1, 0.15) is 11.7 Å². The number of hydrogen-bond donors (Lipinski definition) is 3. The predicted molar refractivity (Wildman–Crippen MR) is 92.8 cm³/mol. The first kappa shape index (κ1) is 15.3. The summed E-state index contributed by atoms with van der Waals surface area (Å²) >= 11 is 0. The molecule has 1 aromatic carbocycles. The van der Waals surface area contributed by atoms with Crippen molar-refractivity contribution in [3.63, 3.8) is 0 Å². The third-order valence-electron chi connectivity index (χ3n) is 4.24. The average molecular weight is 335 g/mol. The maximum atomic E-state index is 12.4. The van der Waals surface area contributed by atoms with E-state index in [1.807, 2.05) is 18.2 Å². The average Bonchev–Trinajstić information content (AvgIpc) is 3.07. The van der Waals surface area contributed by atoms with Crippen LogP contribution in [0, 0.1) is 0 Å². The molecule has 1 atom stereocenters. The lowest BCUT2D eigenvalue weighted by atomic mass is 10.1. The summed E-state index contributed by atoms with van der Waals surface area (Å²) in [5.41, 5.74) is 2.74. The second-order valence-electron chi connectivity index (χ2n) is 5.99. The maximum absolute atomic E-state index is 12.4. The summed E-state index contributed by atoms with van der Waals surface area (Å²) in [7, 11) is 0. The van der Waals surface area contributed by atoms with Gasteiger partial charge in [0.25, 0.3) is 5.91 Å². The number of aromatic amines is 1. The summed E-state index contributed by atoms with van der Waals surface area (Å²) in [5, 5.41) is 5.55. The van der Waals surface area contributed by atoms with Gasteiger partial charge in [-0.05, 0) is 43.2 Å². The van der Waals surface area contributed by atoms with E-state index in [1.54, 1.807) is 24.4 Å². The van der Waals surface area contributed by atoms with E-state index in [0.29, 0.717) is 24.4 Å². The fraction of sp³-hybridized carbons (Fsp3) is 0.222. The summed E-state index contributed by atoms with van der Waals surface area (Å²) in [6.07, 6.45) is 3.23. The van der Waals surface area contributed by atoms with Crippen molar-refractivity contribution in [2.24, 2.45) is 0 Å². The van der Waals surface area contributed by atoms with Gasteiger partial charge in [-0.15, -0.1) is 0 Å². The van der Waals surface area contributed by atoms with Crippen molar-refractivity contribution in [3.8, 4) is 11.5 Å². The van der Waals surface area contributed by atoms with Crippen molar-refractivity contribution in [2.45, 2.75) is 18.9 Å². The molecule has 3 heterocycles. The fourth-order valence-corrected chi connectivity index (χ4v) is 2.93. The molecule has 7 nitrogen and oxygen atoms in total. The zero-order valence-corrected chi connectivity index (χ0v) is 13.5. The van der Waals surface area contributed by atoms with Crippen molar-refractivity contribution in [1.29, 1.82) is 0 Å². The number of aromatic nitrogens is 3. The largest absolute Gasteiger partial charge is 0.354 e. The maximum Gasteiger partial charge on any atom is 0.252 e. The lowest BCUT2D eigenvalue weighted by Crippen LogP contribution is -2.50. The molecule has 0 saturated carbocycles. The Morgan fingerprint density at radius 3 is 2.96 bits per heavy atom. The van der Waals surface area contributed by atoms with Crippen LogP contribution in [0.3, 0.4) is 0 Å². The van der Waals surface area contributed by atoms with Gasteiger partial charge in [0.05, 0.1) is 11.0 Å². The van der Waals surface area contributed by atoms with E-state index in [4.69, 9.17) is 0 Å². The minimum Gasteiger partial charge on any atom is -0.354 e. The van der Waals surface area contributed by atoms with Gasteiger partial charge in [-0.2, -0.15) is 0 Å². The topological polar surface area (TPSA) is 99.8 Å². The molecule has 2 aromatic heterocycles. The van der Waals surface area contributed by atoms with Crippen molar-refractivity contribution >= 4 is 22.8 Å². The number of rotatable bonds is 3. The number of carbonyl (C=O) groups excluding carboxylic acids is 2. The van der Waals surface area contributed by atoms with Gasteiger partial charge >= 0.3 is 0 Å². The van der Waals surface area contributed by atoms with Crippen LogP contribution in [0.2, 0.25) is 0 Å². The van der Waals surface area contributed by atoms with Gasteiger partial charge in [0.15, 0.2) is 5.82 Å². The Hall–Kier alpha value is -3.22. The molecule has 1 fully saturated rings. The Kier molecular flexibility index (Phi) is 3.89. The number of carbonyl (C=O) groups is 2. The van der Waals surface area contributed by atoms with Gasteiger partial charge in [0, 0.05) is 18.3 Å². The molecule has 0 radical (unpaired) electrons. The molecule has 0 aliphatic carbocycles. The van der Waals surface area contributed by atoms with Gasteiger partial charge in [-0.1, -0.05) is 6.07 Å². The quantitative estimate of drug-likeness (QED) is 0.677. The van der Waals surface area contributed by atoms with Crippen molar-refractivity contribution in [3.05, 3.63) is 48.2 Å². The second kappa shape index (κ2) is 6.35. The molecule has 4 rings (SSSR count). The van der Waals surface area contributed by atoms with E-state index in [-0.39, 0.29) is 11.8 Å². The highest BCUT2D eigenvalue weighted by molar-refractivity contribution is 6.00. The highest BCUT2D eigenvalue weighted by atomic mass is 16.2. The molecule has 3 aromatic rings. The van der Waals surface area contributed by atoms with Crippen LogP contribution in [0.15, 0.2) is 42.6 Å². The van der Waals surface area contributed by atoms with Gasteiger partial charge in [-0.3, -0.25) is 14.6 Å². The summed E-state index contributed by atoms with van der Waals surface area (Å²) in [5.74, 6) is 0.261. The summed E-state index contributed by atoms with van der Waals surface area (Å²) < 4.78 is 0. The molecular weight excluding hydrogens is 318 g/mol. The first-order chi connectivity index (χ1) is 12.2. The van der Waals surface area contributed by atoms with E-state index in [2.05, 4.69) is 25.6 Å². The normalized spacial score (nSPS) is 17.3. The minimum absolute atomic E-state index is 0.125. The molecule has 25 heavy (non-hydrogen) atoms. The Morgan fingerprint density at radius 2 is 2.16 bits per heavy atom. The summed E-state index contributed by atoms with van der Waals surface area (Å²) in [4.78, 5) is 36.2. The third-order valence-corrected chi connectivity index (χ3v) is 4.24. The first-order valence-electron chi connectivity index (χ1n) is 8.20. The number of fused-ring (bicyclic) bond motifs is 1. The number of hydrogen-bond acceptors (Lipinski definition) is 4. The van der Waals surface area contributed by atoms with Gasteiger partial charge < -0.3 is 15.6 Å². The fourth-order valence-electron chi connectivity index (χ4n) is 2.93. The smallest absolute Gasteiger partial charge is 0.252 e. The Morgan fingerprint density at radius 1 is 1.24 bits per heavy atom. The van der Waals surface area contributed by atoms with Gasteiger partial charge in [0.2, 0.25) is 5.91 Å². The summed E-state index contributed by atoms with van der Waals surface area (Å²) in [6, 6.07) is 10.4. The molecule has 1 aliphatic heterocycles. The van der Waals surface area contributed by atoms with Crippen LogP contribution in [-0.2, 0) is 4.79 Å². The highest BCUT2D eigenvalue weighted by Gasteiger charge is 2.24. The van der Waals surface area contributed by atoms with Crippen LogP contribution in [0.4, 0.5) is 0 Å². The van der Waals surface area contributed by atoms with Crippen molar-refractivity contribution < 1.29 is 9.59 Å². The van der Waals surface area contributed by atoms with Crippen molar-refractivity contribution in [2.75, 3.05) is 6.54 Å². The number of benzene rings is 1. The first-order valence-corrected chi connectivity index (χ1v) is 8.20. The van der Waals surface area contributed by atoms with Crippen LogP contribution in [0.25, 0.3) is 22.6 Å². The molecule has 0 spiro atoms. The molecule has 1 saturated heterocycles. The predicted octanol–water partition coefficient (Wildman–Crippen LogP) is 1.63. The van der Waals surface area contributed by atoms with Crippen LogP contribution < -0.4 is 10.6 Å². The van der Waals surface area contributed by atoms with E-state index >= 15 is 0 Å². The number of amides is 2. The van der Waals surface area contributed by atoms with Crippen LogP contribution in [-0.4, -0.2) is 39.4 Å². The van der Waals surface area contributed by atoms with Crippen molar-refractivity contribution in [1.82, 2.24) is 25.6 Å². The van der Waals surface area contributed by atoms with Crippen LogP contribution >= 0.6 is 0 Å². The molecule has 1 aliphatic rings. The number of pyridine rings is 1. The number of imidazole rings is 1. The zero-order valence-electron chi connectivity index (χ0n) is 13.5. The number of nitrogens with one attached hydrogen (secondary N) is 3. The van der Waals surface area contributed by atoms with Crippen LogP contribution in [0.1, 0.15) is 23.2 Å². The lowest BCUT2D eigenvalue weighted by molar-refractivity contribution is -0.124. The third kappa shape index (κ3) is 3.08. The molecule has 7 heteroatoms. The molecule has 1 unspecified atom stereocenters. The molecule has 126 valence electrons. The molecule has 0 bridgehead atoms. The molecular formula is C18H17N5O2. The Labute approximate surface area is 143 Å². The monoisotopic (exact) mass is 335 g/mol. The lowest BCUT2D eigenvalue weighted by Gasteiger charge is -2.22. The second-order valence-corrected chi connectivity index (χ2v) is 5.99. The standard InChI is InChI=1S/C18H17N5O2/c24-17(23-14-5-3-9-20-18(14)25)11-6-7-12-15(10-11)22-16(21-12)13-4-1-2-8-19-13/h1-2,4,6-8,10,14H,3,5,9H2,(H,20,25)(H,21,22)(H,23,24). The van der Waals surface area contributed by atoms with E-state index < -0.39 is 6.04 Å². The SMILES string of the molecule is O=C(NC1CCCNC1=O)c1ccc2nc(-c3ccccn3)[nH]c2c1. The number of nitrogens with zero attached hydrogens (tertiary/aromatic N) is 2. The number of H-pyrrole nitrogens is 1.